The number of ether oxygens (including phenoxy) is 2. The standard InChI is InChI=1S/C25H38N2O3/c1-15(2)30-22-10-8-7-9-19(22)23-21-14-18-13-20(16(3)26-24(18,5)6)25(21,11-12-29-23)27-17(4)28/h7-10,15-16,18,20-21,23,26H,11-14H2,1-6H3,(H,27,28)/t16-,18?,20?,21+,23+,25+/m1/s1. The maximum absolute atomic E-state index is 12.4. The summed E-state index contributed by atoms with van der Waals surface area (Å²) in [5, 5.41) is 7.33. The molecule has 2 unspecified atom stereocenters. The molecular formula is C25H38N2O3. The van der Waals surface area contributed by atoms with Crippen molar-refractivity contribution in [2.24, 2.45) is 17.8 Å². The van der Waals surface area contributed by atoms with Crippen LogP contribution in [0, 0.1) is 17.8 Å². The maximum Gasteiger partial charge on any atom is 0.217 e. The number of rotatable bonds is 4. The normalized spacial score (nSPS) is 37.4. The summed E-state index contributed by atoms with van der Waals surface area (Å²) in [4.78, 5) is 12.4. The van der Waals surface area contributed by atoms with Gasteiger partial charge in [-0.25, -0.2) is 0 Å². The van der Waals surface area contributed by atoms with Crippen molar-refractivity contribution in [1.82, 2.24) is 10.6 Å². The second-order valence-corrected chi connectivity index (χ2v) is 10.5. The Balaban J connectivity index is 1.79. The van der Waals surface area contributed by atoms with Gasteiger partial charge in [0.2, 0.25) is 5.91 Å². The van der Waals surface area contributed by atoms with E-state index in [0.717, 1.165) is 30.6 Å². The summed E-state index contributed by atoms with van der Waals surface area (Å²) in [6.45, 7) is 13.4. The molecule has 0 aromatic heterocycles. The van der Waals surface area contributed by atoms with E-state index in [1.165, 1.54) is 0 Å². The molecule has 3 aliphatic rings. The van der Waals surface area contributed by atoms with Gasteiger partial charge in [-0.3, -0.25) is 4.79 Å². The van der Waals surface area contributed by atoms with E-state index in [-0.39, 0.29) is 35.1 Å². The second kappa shape index (κ2) is 7.83. The van der Waals surface area contributed by atoms with Crippen molar-refractivity contribution in [1.29, 1.82) is 0 Å². The molecule has 1 amide bonds. The van der Waals surface area contributed by atoms with Crippen molar-refractivity contribution >= 4 is 5.91 Å². The molecule has 1 aromatic rings. The van der Waals surface area contributed by atoms with Crippen LogP contribution in [-0.2, 0) is 9.53 Å². The van der Waals surface area contributed by atoms with E-state index < -0.39 is 0 Å². The summed E-state index contributed by atoms with van der Waals surface area (Å²) < 4.78 is 12.6. The third-order valence-corrected chi connectivity index (χ3v) is 7.80. The van der Waals surface area contributed by atoms with E-state index in [1.54, 1.807) is 6.92 Å². The predicted molar refractivity (Wildman–Crippen MR) is 118 cm³/mol. The molecule has 0 radical (unpaired) electrons. The van der Waals surface area contributed by atoms with Gasteiger partial charge in [-0.15, -0.1) is 0 Å². The van der Waals surface area contributed by atoms with Crippen LogP contribution in [-0.4, -0.2) is 35.7 Å². The minimum Gasteiger partial charge on any atom is -0.491 e. The number of para-hydroxylation sites is 1. The molecule has 1 saturated carbocycles. The van der Waals surface area contributed by atoms with Crippen LogP contribution in [0.2, 0.25) is 0 Å². The van der Waals surface area contributed by atoms with Gasteiger partial charge in [0.1, 0.15) is 5.75 Å². The fourth-order valence-corrected chi connectivity index (χ4v) is 6.64. The summed E-state index contributed by atoms with van der Waals surface area (Å²) in [5.41, 5.74) is 0.942. The zero-order chi connectivity index (χ0) is 21.7. The molecule has 3 fully saturated rings. The van der Waals surface area contributed by atoms with Crippen molar-refractivity contribution in [3.63, 3.8) is 0 Å². The Morgan fingerprint density at radius 1 is 1.23 bits per heavy atom. The Bertz CT molecular complexity index is 792. The van der Waals surface area contributed by atoms with Crippen molar-refractivity contribution < 1.29 is 14.3 Å². The fraction of sp³-hybridized carbons (Fsp3) is 0.720. The van der Waals surface area contributed by atoms with Crippen molar-refractivity contribution in [2.45, 2.75) is 90.1 Å². The Hall–Kier alpha value is -1.59. The van der Waals surface area contributed by atoms with Gasteiger partial charge in [0.15, 0.2) is 0 Å². The highest BCUT2D eigenvalue weighted by atomic mass is 16.5. The molecule has 2 saturated heterocycles. The van der Waals surface area contributed by atoms with Crippen LogP contribution in [0.1, 0.15) is 72.5 Å². The lowest BCUT2D eigenvalue weighted by molar-refractivity contribution is -0.161. The van der Waals surface area contributed by atoms with Gasteiger partial charge in [0.25, 0.3) is 0 Å². The van der Waals surface area contributed by atoms with Gasteiger partial charge in [-0.2, -0.15) is 0 Å². The number of piperidine rings is 1. The highest BCUT2D eigenvalue weighted by molar-refractivity contribution is 5.74. The largest absolute Gasteiger partial charge is 0.491 e. The van der Waals surface area contributed by atoms with Crippen LogP contribution in [0.25, 0.3) is 0 Å². The van der Waals surface area contributed by atoms with Gasteiger partial charge in [0, 0.05) is 36.6 Å². The average Bonchev–Trinajstić information content (AvgIpc) is 2.64. The van der Waals surface area contributed by atoms with E-state index in [4.69, 9.17) is 9.47 Å². The molecule has 1 aliphatic carbocycles. The van der Waals surface area contributed by atoms with E-state index in [2.05, 4.69) is 57.4 Å². The summed E-state index contributed by atoms with van der Waals surface area (Å²) in [5.74, 6) is 2.12. The maximum atomic E-state index is 12.4. The molecule has 5 heteroatoms. The lowest BCUT2D eigenvalue weighted by Crippen LogP contribution is -2.73. The molecule has 0 spiro atoms. The van der Waals surface area contributed by atoms with Crippen molar-refractivity contribution in [3.8, 4) is 5.75 Å². The molecule has 2 heterocycles. The molecule has 30 heavy (non-hydrogen) atoms. The quantitative estimate of drug-likeness (QED) is 0.774. The van der Waals surface area contributed by atoms with Crippen LogP contribution in [0.4, 0.5) is 0 Å². The number of carbonyl (C=O) groups excluding carboxylic acids is 1. The molecule has 2 aliphatic heterocycles. The zero-order valence-electron chi connectivity index (χ0n) is 19.3. The Labute approximate surface area is 181 Å². The third kappa shape index (κ3) is 3.64. The molecule has 6 atom stereocenters. The summed E-state index contributed by atoms with van der Waals surface area (Å²) in [6.07, 6.45) is 3.07. The fourth-order valence-electron chi connectivity index (χ4n) is 6.64. The smallest absolute Gasteiger partial charge is 0.217 e. The highest BCUT2D eigenvalue weighted by Crippen LogP contribution is 2.57. The number of amides is 1. The minimum absolute atomic E-state index is 0.0582. The van der Waals surface area contributed by atoms with E-state index in [0.29, 0.717) is 24.5 Å². The minimum atomic E-state index is -0.251. The van der Waals surface area contributed by atoms with E-state index >= 15 is 0 Å². The first kappa shape index (κ1) is 21.6. The lowest BCUT2D eigenvalue weighted by Gasteiger charge is -2.63. The van der Waals surface area contributed by atoms with Crippen LogP contribution in [0.3, 0.4) is 0 Å². The van der Waals surface area contributed by atoms with Gasteiger partial charge in [-0.1, -0.05) is 18.2 Å². The van der Waals surface area contributed by atoms with Gasteiger partial charge >= 0.3 is 0 Å². The number of benzene rings is 1. The molecule has 4 rings (SSSR count). The number of carbonyl (C=O) groups is 1. The topological polar surface area (TPSA) is 59.6 Å². The Morgan fingerprint density at radius 3 is 2.63 bits per heavy atom. The molecule has 1 aromatic carbocycles. The second-order valence-electron chi connectivity index (χ2n) is 10.5. The Kier molecular flexibility index (Phi) is 5.65. The highest BCUT2D eigenvalue weighted by Gasteiger charge is 2.61. The van der Waals surface area contributed by atoms with Crippen LogP contribution < -0.4 is 15.4 Å². The zero-order valence-corrected chi connectivity index (χ0v) is 19.3. The van der Waals surface area contributed by atoms with Gasteiger partial charge in [0.05, 0.1) is 17.7 Å². The van der Waals surface area contributed by atoms with Gasteiger partial charge in [-0.05, 0) is 71.8 Å². The van der Waals surface area contributed by atoms with Crippen molar-refractivity contribution in [3.05, 3.63) is 29.8 Å². The predicted octanol–water partition coefficient (Wildman–Crippen LogP) is 4.22. The number of nitrogens with one attached hydrogen (secondary N) is 2. The first-order valence-electron chi connectivity index (χ1n) is 11.6. The molecule has 2 bridgehead atoms. The lowest BCUT2D eigenvalue weighted by atomic mass is 9.52. The molecule has 2 N–H and O–H groups in total. The summed E-state index contributed by atoms with van der Waals surface area (Å²) in [6, 6.07) is 8.62. The Morgan fingerprint density at radius 2 is 1.93 bits per heavy atom. The van der Waals surface area contributed by atoms with E-state index in [9.17, 15) is 4.79 Å². The summed E-state index contributed by atoms with van der Waals surface area (Å²) >= 11 is 0. The average molecular weight is 415 g/mol. The number of fused-ring (bicyclic) bond motifs is 4. The first-order chi connectivity index (χ1) is 14.1. The van der Waals surface area contributed by atoms with E-state index in [1.807, 2.05) is 12.1 Å². The molecule has 166 valence electrons. The first-order valence-corrected chi connectivity index (χ1v) is 11.6. The molecular weight excluding hydrogens is 376 g/mol. The van der Waals surface area contributed by atoms with Crippen LogP contribution >= 0.6 is 0 Å². The van der Waals surface area contributed by atoms with Gasteiger partial charge < -0.3 is 20.1 Å². The monoisotopic (exact) mass is 414 g/mol. The summed E-state index contributed by atoms with van der Waals surface area (Å²) in [7, 11) is 0. The number of hydrogen-bond acceptors (Lipinski definition) is 4. The molecule has 5 nitrogen and oxygen atoms in total. The van der Waals surface area contributed by atoms with Crippen LogP contribution in [0.5, 0.6) is 5.75 Å². The third-order valence-electron chi connectivity index (χ3n) is 7.80. The van der Waals surface area contributed by atoms with Crippen molar-refractivity contribution in [2.75, 3.05) is 6.61 Å². The number of hydrogen-bond donors (Lipinski definition) is 2. The SMILES string of the molecule is CC(=O)N[C@]12CCO[C@@H](c3ccccc3OC(C)C)[C@@H]1CC1CC2[C@@H](C)NC1(C)C. The van der Waals surface area contributed by atoms with Crippen LogP contribution in [0.15, 0.2) is 24.3 Å².